The lowest BCUT2D eigenvalue weighted by Crippen LogP contribution is -2.36. The fourth-order valence-corrected chi connectivity index (χ4v) is 3.88. The van der Waals surface area contributed by atoms with Crippen LogP contribution >= 0.6 is 0 Å². The number of non-ortho nitro benzene ring substituents is 1. The third-order valence-electron chi connectivity index (χ3n) is 5.60. The van der Waals surface area contributed by atoms with E-state index in [4.69, 9.17) is 9.15 Å². The fourth-order valence-electron chi connectivity index (χ4n) is 3.88. The highest BCUT2D eigenvalue weighted by atomic mass is 19.4. The van der Waals surface area contributed by atoms with Gasteiger partial charge in [-0.3, -0.25) is 19.5 Å². The first-order chi connectivity index (χ1) is 16.6. The molecule has 0 radical (unpaired) electrons. The van der Waals surface area contributed by atoms with Crippen LogP contribution in [0, 0.1) is 10.1 Å². The monoisotopic (exact) mass is 494 g/mol. The van der Waals surface area contributed by atoms with Crippen molar-refractivity contribution in [2.75, 3.05) is 36.5 Å². The number of anilines is 2. The molecule has 2 aromatic carbocycles. The minimum absolute atomic E-state index is 0.0463. The molecule has 0 aliphatic carbocycles. The van der Waals surface area contributed by atoms with Gasteiger partial charge < -0.3 is 19.4 Å². The van der Waals surface area contributed by atoms with Crippen molar-refractivity contribution < 1.29 is 32.0 Å². The minimum atomic E-state index is -4.57. The Hall–Kier alpha value is -3.87. The molecule has 0 bridgehead atoms. The summed E-state index contributed by atoms with van der Waals surface area (Å²) in [6, 6.07) is 6.97. The summed E-state index contributed by atoms with van der Waals surface area (Å²) in [6.07, 6.45) is -4.46. The number of hydrogen-bond acceptors (Lipinski definition) is 7. The molecular formula is C22H21F3N4O6. The van der Waals surface area contributed by atoms with Crippen molar-refractivity contribution in [3.05, 3.63) is 62.6 Å². The smallest absolute Gasteiger partial charge is 0.407 e. The van der Waals surface area contributed by atoms with Gasteiger partial charge in [-0.1, -0.05) is 0 Å². The van der Waals surface area contributed by atoms with Gasteiger partial charge in [-0.2, -0.15) is 13.2 Å². The van der Waals surface area contributed by atoms with Crippen molar-refractivity contribution in [2.45, 2.75) is 25.6 Å². The second kappa shape index (κ2) is 9.78. The van der Waals surface area contributed by atoms with E-state index in [0.717, 1.165) is 18.2 Å². The summed E-state index contributed by atoms with van der Waals surface area (Å²) in [5.41, 5.74) is -0.204. The van der Waals surface area contributed by atoms with E-state index in [2.05, 4.69) is 5.32 Å². The molecule has 1 amide bonds. The second-order valence-corrected chi connectivity index (χ2v) is 7.91. The maximum atomic E-state index is 13.2. The molecular weight excluding hydrogens is 473 g/mol. The van der Waals surface area contributed by atoms with E-state index in [1.165, 1.54) is 22.8 Å². The fraction of sp³-hybridized carbons (Fsp3) is 0.364. The maximum Gasteiger partial charge on any atom is 0.419 e. The molecule has 0 spiro atoms. The SMILES string of the molecule is O=C(CCCn1c(=O)oc2cc([N+](=O)[O-])ccc21)Nc1cc(C(F)(F)F)ccc1N1CCOCC1. The predicted molar refractivity (Wildman–Crippen MR) is 119 cm³/mol. The predicted octanol–water partition coefficient (Wildman–Crippen LogP) is 3.78. The van der Waals surface area contributed by atoms with E-state index in [1.54, 1.807) is 0 Å². The van der Waals surface area contributed by atoms with Crippen molar-refractivity contribution in [1.29, 1.82) is 0 Å². The van der Waals surface area contributed by atoms with Crippen molar-refractivity contribution in [1.82, 2.24) is 4.57 Å². The number of nitrogens with zero attached hydrogens (tertiary/aromatic N) is 3. The van der Waals surface area contributed by atoms with Crippen LogP contribution in [-0.4, -0.2) is 41.7 Å². The summed E-state index contributed by atoms with van der Waals surface area (Å²) in [5.74, 6) is -1.25. The number of oxazole rings is 1. The molecule has 1 fully saturated rings. The van der Waals surface area contributed by atoms with E-state index in [9.17, 15) is 32.9 Å². The average molecular weight is 494 g/mol. The minimum Gasteiger partial charge on any atom is -0.407 e. The number of carbonyl (C=O) groups is 1. The van der Waals surface area contributed by atoms with Gasteiger partial charge >= 0.3 is 11.9 Å². The molecule has 13 heteroatoms. The number of ether oxygens (including phenoxy) is 1. The Balaban J connectivity index is 1.46. The van der Waals surface area contributed by atoms with Gasteiger partial charge in [0.15, 0.2) is 5.58 Å². The molecule has 0 saturated carbocycles. The van der Waals surface area contributed by atoms with Gasteiger partial charge in [0.25, 0.3) is 5.69 Å². The number of morpholine rings is 1. The number of halogens is 3. The molecule has 0 atom stereocenters. The molecule has 3 aromatic rings. The Morgan fingerprint density at radius 2 is 1.89 bits per heavy atom. The number of fused-ring (bicyclic) bond motifs is 1. The number of nitro groups is 1. The van der Waals surface area contributed by atoms with E-state index in [-0.39, 0.29) is 36.3 Å². The van der Waals surface area contributed by atoms with Crippen LogP contribution in [0.5, 0.6) is 0 Å². The lowest BCUT2D eigenvalue weighted by atomic mass is 10.1. The standard InChI is InChI=1S/C22H21F3N4O6/c23-22(24,25)14-3-5-17(27-8-10-34-11-9-27)16(12-14)26-20(30)2-1-7-28-18-6-4-15(29(32)33)13-19(18)35-21(28)31/h3-6,12-13H,1-2,7-11H2,(H,26,30). The topological polar surface area (TPSA) is 120 Å². The highest BCUT2D eigenvalue weighted by Gasteiger charge is 2.32. The van der Waals surface area contributed by atoms with Gasteiger partial charge in [-0.05, 0) is 30.7 Å². The molecule has 1 aliphatic heterocycles. The molecule has 4 rings (SSSR count). The van der Waals surface area contributed by atoms with Crippen molar-refractivity contribution in [3.8, 4) is 0 Å². The normalized spacial score (nSPS) is 14.3. The highest BCUT2D eigenvalue weighted by molar-refractivity contribution is 5.94. The van der Waals surface area contributed by atoms with Crippen LogP contribution in [0.1, 0.15) is 18.4 Å². The number of benzene rings is 2. The maximum absolute atomic E-state index is 13.2. The van der Waals surface area contributed by atoms with Gasteiger partial charge in [0.1, 0.15) is 0 Å². The average Bonchev–Trinajstić information content (AvgIpc) is 3.13. The van der Waals surface area contributed by atoms with Gasteiger partial charge in [-0.25, -0.2) is 4.79 Å². The van der Waals surface area contributed by atoms with Crippen molar-refractivity contribution >= 4 is 34.1 Å². The number of rotatable bonds is 7. The summed E-state index contributed by atoms with van der Waals surface area (Å²) in [6.45, 7) is 1.87. The molecule has 2 heterocycles. The van der Waals surface area contributed by atoms with Crippen LogP contribution < -0.4 is 16.0 Å². The number of hydrogen-bond donors (Lipinski definition) is 1. The van der Waals surface area contributed by atoms with E-state index >= 15 is 0 Å². The van der Waals surface area contributed by atoms with Crippen LogP contribution in [0.2, 0.25) is 0 Å². The van der Waals surface area contributed by atoms with Gasteiger partial charge in [-0.15, -0.1) is 0 Å². The van der Waals surface area contributed by atoms with Crippen LogP contribution in [0.25, 0.3) is 11.1 Å². The molecule has 1 aliphatic rings. The molecule has 10 nitrogen and oxygen atoms in total. The number of nitrogens with one attached hydrogen (secondary N) is 1. The quantitative estimate of drug-likeness (QED) is 0.392. The second-order valence-electron chi connectivity index (χ2n) is 7.91. The Kier molecular flexibility index (Phi) is 6.78. The summed E-state index contributed by atoms with van der Waals surface area (Å²) >= 11 is 0. The molecule has 1 saturated heterocycles. The number of aryl methyl sites for hydroxylation is 1. The van der Waals surface area contributed by atoms with E-state index < -0.39 is 28.3 Å². The zero-order valence-corrected chi connectivity index (χ0v) is 18.3. The summed E-state index contributed by atoms with van der Waals surface area (Å²) < 4.78 is 51.3. The van der Waals surface area contributed by atoms with Crippen LogP contribution in [0.15, 0.2) is 45.6 Å². The van der Waals surface area contributed by atoms with Gasteiger partial charge in [0.05, 0.1) is 46.7 Å². The van der Waals surface area contributed by atoms with Crippen LogP contribution in [0.3, 0.4) is 0 Å². The first-order valence-corrected chi connectivity index (χ1v) is 10.7. The Labute approximate surface area is 196 Å². The highest BCUT2D eigenvalue weighted by Crippen LogP contribution is 2.36. The van der Waals surface area contributed by atoms with E-state index in [1.807, 2.05) is 4.90 Å². The van der Waals surface area contributed by atoms with Gasteiger partial charge in [0.2, 0.25) is 5.91 Å². The Morgan fingerprint density at radius 3 is 2.57 bits per heavy atom. The van der Waals surface area contributed by atoms with Crippen molar-refractivity contribution in [2.24, 2.45) is 0 Å². The Bertz CT molecular complexity index is 1310. The summed E-state index contributed by atoms with van der Waals surface area (Å²) in [7, 11) is 0. The van der Waals surface area contributed by atoms with Gasteiger partial charge in [0, 0.05) is 32.1 Å². The molecule has 35 heavy (non-hydrogen) atoms. The third-order valence-corrected chi connectivity index (χ3v) is 5.60. The molecule has 1 aromatic heterocycles. The molecule has 1 N–H and O–H groups in total. The first-order valence-electron chi connectivity index (χ1n) is 10.7. The number of aromatic nitrogens is 1. The van der Waals surface area contributed by atoms with Crippen LogP contribution in [0.4, 0.5) is 30.2 Å². The zero-order chi connectivity index (χ0) is 25.2. The first kappa shape index (κ1) is 24.3. The Morgan fingerprint density at radius 1 is 1.14 bits per heavy atom. The molecule has 186 valence electrons. The lowest BCUT2D eigenvalue weighted by Gasteiger charge is -2.31. The zero-order valence-electron chi connectivity index (χ0n) is 18.3. The van der Waals surface area contributed by atoms with E-state index in [0.29, 0.717) is 37.5 Å². The third kappa shape index (κ3) is 5.45. The number of nitro benzene ring substituents is 1. The largest absolute Gasteiger partial charge is 0.419 e. The number of carbonyl (C=O) groups excluding carboxylic acids is 1. The molecule has 0 unspecified atom stereocenters. The number of amides is 1. The summed E-state index contributed by atoms with van der Waals surface area (Å²) in [5, 5.41) is 13.5. The van der Waals surface area contributed by atoms with Crippen LogP contribution in [-0.2, 0) is 22.3 Å². The van der Waals surface area contributed by atoms with Crippen molar-refractivity contribution in [3.63, 3.8) is 0 Å². The number of alkyl halides is 3. The summed E-state index contributed by atoms with van der Waals surface area (Å²) in [4.78, 5) is 36.9. The lowest BCUT2D eigenvalue weighted by molar-refractivity contribution is -0.384.